The minimum atomic E-state index is 0. The number of methoxy groups -OCH3 is 1. The van der Waals surface area contributed by atoms with Crippen molar-refractivity contribution in [2.24, 2.45) is 12.0 Å². The Morgan fingerprint density at radius 2 is 2.12 bits per heavy atom. The first-order valence-electron chi connectivity index (χ1n) is 8.09. The molecule has 0 aliphatic carbocycles. The minimum Gasteiger partial charge on any atom is -0.496 e. The lowest BCUT2D eigenvalue weighted by atomic mass is 10.1. The maximum absolute atomic E-state index is 6.06. The minimum absolute atomic E-state index is 0. The molecule has 1 N–H and O–H groups in total. The Morgan fingerprint density at radius 3 is 2.65 bits per heavy atom. The summed E-state index contributed by atoms with van der Waals surface area (Å²) in [5, 5.41) is 4.10. The predicted octanol–water partition coefficient (Wildman–Crippen LogP) is 3.52. The van der Waals surface area contributed by atoms with Crippen molar-refractivity contribution in [1.82, 2.24) is 19.8 Å². The number of hydrogen-bond acceptors (Lipinski definition) is 3. The van der Waals surface area contributed by atoms with Gasteiger partial charge in [-0.15, -0.1) is 24.0 Å². The maximum Gasteiger partial charge on any atom is 0.194 e. The van der Waals surface area contributed by atoms with Crippen molar-refractivity contribution in [3.8, 4) is 5.75 Å². The second-order valence-corrected chi connectivity index (χ2v) is 6.50. The molecule has 8 heteroatoms. The van der Waals surface area contributed by atoms with Crippen LogP contribution < -0.4 is 10.1 Å². The monoisotopic (exact) mass is 491 g/mol. The van der Waals surface area contributed by atoms with Gasteiger partial charge in [-0.05, 0) is 19.9 Å². The van der Waals surface area contributed by atoms with Gasteiger partial charge in [-0.2, -0.15) is 0 Å². The zero-order valence-corrected chi connectivity index (χ0v) is 19.2. The molecule has 2 rings (SSSR count). The summed E-state index contributed by atoms with van der Waals surface area (Å²) in [4.78, 5) is 10.9. The molecule has 0 fully saturated rings. The van der Waals surface area contributed by atoms with Crippen LogP contribution in [0.1, 0.15) is 22.5 Å². The third-order valence-corrected chi connectivity index (χ3v) is 4.42. The van der Waals surface area contributed by atoms with Gasteiger partial charge in [-0.25, -0.2) is 0 Å². The molecule has 144 valence electrons. The third kappa shape index (κ3) is 5.26. The van der Waals surface area contributed by atoms with Gasteiger partial charge >= 0.3 is 0 Å². The van der Waals surface area contributed by atoms with E-state index in [0.717, 1.165) is 39.2 Å². The first-order chi connectivity index (χ1) is 11.9. The molecule has 0 atom stereocenters. The number of pyridine rings is 1. The van der Waals surface area contributed by atoms with Crippen LogP contribution in [0.25, 0.3) is 0 Å². The van der Waals surface area contributed by atoms with Crippen molar-refractivity contribution in [3.63, 3.8) is 0 Å². The quantitative estimate of drug-likeness (QED) is 0.395. The van der Waals surface area contributed by atoms with Crippen LogP contribution in [0.15, 0.2) is 23.5 Å². The molecule has 26 heavy (non-hydrogen) atoms. The third-order valence-electron chi connectivity index (χ3n) is 4.21. The predicted molar refractivity (Wildman–Crippen MR) is 118 cm³/mol. The summed E-state index contributed by atoms with van der Waals surface area (Å²) in [6.07, 6.45) is 3.73. The number of hydrogen-bond donors (Lipinski definition) is 1. The van der Waals surface area contributed by atoms with E-state index in [1.807, 2.05) is 55.9 Å². The van der Waals surface area contributed by atoms with E-state index in [9.17, 15) is 0 Å². The Kier molecular flexibility index (Phi) is 8.69. The van der Waals surface area contributed by atoms with E-state index in [-0.39, 0.29) is 24.0 Å². The summed E-state index contributed by atoms with van der Waals surface area (Å²) < 4.78 is 7.48. The average molecular weight is 492 g/mol. The molecule has 0 amide bonds. The molecule has 0 bridgehead atoms. The highest BCUT2D eigenvalue weighted by molar-refractivity contribution is 14.0. The Hall–Kier alpha value is -1.48. The van der Waals surface area contributed by atoms with Crippen LogP contribution in [0.5, 0.6) is 5.75 Å². The molecule has 2 heterocycles. The fraction of sp³-hybridized carbons (Fsp3) is 0.444. The first-order valence-corrected chi connectivity index (χ1v) is 8.46. The molecule has 2 aromatic rings. The van der Waals surface area contributed by atoms with Crippen molar-refractivity contribution in [3.05, 3.63) is 46.0 Å². The largest absolute Gasteiger partial charge is 0.496 e. The molecule has 6 nitrogen and oxygen atoms in total. The highest BCUT2D eigenvalue weighted by Gasteiger charge is 2.13. The van der Waals surface area contributed by atoms with Gasteiger partial charge in [0, 0.05) is 50.4 Å². The zero-order valence-electron chi connectivity index (χ0n) is 16.1. The van der Waals surface area contributed by atoms with E-state index in [2.05, 4.69) is 15.3 Å². The van der Waals surface area contributed by atoms with E-state index in [4.69, 9.17) is 16.3 Å². The van der Waals surface area contributed by atoms with Crippen molar-refractivity contribution in [2.75, 3.05) is 21.2 Å². The Bertz CT molecular complexity index is 775. The lowest BCUT2D eigenvalue weighted by Gasteiger charge is -2.23. The fourth-order valence-corrected chi connectivity index (χ4v) is 3.11. The van der Waals surface area contributed by atoms with E-state index < -0.39 is 0 Å². The number of guanidine groups is 1. The topological polar surface area (TPSA) is 54.7 Å². The summed E-state index contributed by atoms with van der Waals surface area (Å²) in [5.74, 6) is 1.67. The van der Waals surface area contributed by atoms with Gasteiger partial charge in [-0.1, -0.05) is 11.6 Å². The Balaban J connectivity index is 0.00000338. The van der Waals surface area contributed by atoms with Gasteiger partial charge in [0.25, 0.3) is 0 Å². The number of nitrogens with one attached hydrogen (secondary N) is 1. The second kappa shape index (κ2) is 10.0. The average Bonchev–Trinajstić information content (AvgIpc) is 2.87. The smallest absolute Gasteiger partial charge is 0.194 e. The number of nitrogens with zero attached hydrogens (tertiary/aromatic N) is 4. The van der Waals surface area contributed by atoms with Gasteiger partial charge in [-0.3, -0.25) is 9.98 Å². The second-order valence-electron chi connectivity index (χ2n) is 6.06. The standard InChI is InChI=1S/C18H26ClN5O.HI/c1-12-8-21-16(13(2)17(12)25-6)9-22-18(20-3)24(5)11-15-7-14(19)10-23(15)4;/h7-8,10H,9,11H2,1-6H3,(H,20,22);1H. The molecule has 0 saturated heterocycles. The van der Waals surface area contributed by atoms with Crippen molar-refractivity contribution < 1.29 is 4.74 Å². The lowest BCUT2D eigenvalue weighted by molar-refractivity contribution is 0.406. The molecule has 0 aromatic carbocycles. The van der Waals surface area contributed by atoms with Crippen LogP contribution in [-0.4, -0.2) is 41.6 Å². The normalized spacial score (nSPS) is 11.1. The number of rotatable bonds is 5. The van der Waals surface area contributed by atoms with E-state index in [1.165, 1.54) is 0 Å². The van der Waals surface area contributed by atoms with Crippen LogP contribution in [0.3, 0.4) is 0 Å². The van der Waals surface area contributed by atoms with Gasteiger partial charge in [0.05, 0.1) is 30.9 Å². The Morgan fingerprint density at radius 1 is 1.42 bits per heavy atom. The van der Waals surface area contributed by atoms with E-state index >= 15 is 0 Å². The molecular formula is C18H27ClIN5O. The fourth-order valence-electron chi connectivity index (χ4n) is 2.84. The summed E-state index contributed by atoms with van der Waals surface area (Å²) in [5.41, 5.74) is 4.13. The number of aromatic nitrogens is 2. The van der Waals surface area contributed by atoms with Crippen LogP contribution in [0, 0.1) is 13.8 Å². The van der Waals surface area contributed by atoms with Gasteiger partial charge in [0.15, 0.2) is 5.96 Å². The summed E-state index contributed by atoms with van der Waals surface area (Å²) in [6, 6.07) is 1.96. The summed E-state index contributed by atoms with van der Waals surface area (Å²) in [7, 11) is 7.43. The van der Waals surface area contributed by atoms with Crippen molar-refractivity contribution >= 4 is 41.5 Å². The lowest BCUT2D eigenvalue weighted by Crippen LogP contribution is -2.38. The van der Waals surface area contributed by atoms with E-state index in [0.29, 0.717) is 13.1 Å². The first kappa shape index (κ1) is 22.6. The number of ether oxygens (including phenoxy) is 1. The van der Waals surface area contributed by atoms with Gasteiger partial charge in [0.1, 0.15) is 5.75 Å². The van der Waals surface area contributed by atoms with Gasteiger partial charge in [0.2, 0.25) is 0 Å². The van der Waals surface area contributed by atoms with Crippen LogP contribution in [-0.2, 0) is 20.1 Å². The van der Waals surface area contributed by atoms with Crippen molar-refractivity contribution in [2.45, 2.75) is 26.9 Å². The van der Waals surface area contributed by atoms with Crippen LogP contribution >= 0.6 is 35.6 Å². The summed E-state index contributed by atoms with van der Waals surface area (Å²) in [6.45, 7) is 5.29. The molecule has 0 spiro atoms. The molecule has 0 unspecified atom stereocenters. The Labute approximate surface area is 177 Å². The molecule has 0 aliphatic rings. The number of aryl methyl sites for hydroxylation is 2. The highest BCUT2D eigenvalue weighted by Crippen LogP contribution is 2.23. The maximum atomic E-state index is 6.06. The number of halogens is 2. The SMILES string of the molecule is CN=C(NCc1ncc(C)c(OC)c1C)N(C)Cc1cc(Cl)cn1C.I. The molecule has 0 saturated carbocycles. The van der Waals surface area contributed by atoms with Crippen molar-refractivity contribution in [1.29, 1.82) is 0 Å². The summed E-state index contributed by atoms with van der Waals surface area (Å²) >= 11 is 6.06. The zero-order chi connectivity index (χ0) is 18.6. The highest BCUT2D eigenvalue weighted by atomic mass is 127. The van der Waals surface area contributed by atoms with Gasteiger partial charge < -0.3 is 19.5 Å². The number of aliphatic imine (C=N–C) groups is 1. The van der Waals surface area contributed by atoms with Crippen LogP contribution in [0.2, 0.25) is 5.02 Å². The van der Waals surface area contributed by atoms with E-state index in [1.54, 1.807) is 14.2 Å². The molecule has 0 radical (unpaired) electrons. The molecule has 0 aliphatic heterocycles. The molecule has 2 aromatic heterocycles. The molecular weight excluding hydrogens is 465 g/mol. The van der Waals surface area contributed by atoms with Crippen LogP contribution in [0.4, 0.5) is 0 Å².